The lowest BCUT2D eigenvalue weighted by molar-refractivity contribution is -0.0516. The number of rotatable bonds is 3. The number of nitrogens with one attached hydrogen (secondary N) is 1. The fraction of sp³-hybridized carbons (Fsp3) is 0.286. The zero-order valence-electron chi connectivity index (χ0n) is 11.7. The summed E-state index contributed by atoms with van der Waals surface area (Å²) >= 11 is 0.842. The number of halogens is 4. The Bertz CT molecular complexity index is 1100. The second kappa shape index (κ2) is 5.07. The molecule has 4 rings (SSSR count). The predicted octanol–water partition coefficient (Wildman–Crippen LogP) is 3.12. The molecule has 3 aromatic rings. The van der Waals surface area contributed by atoms with Gasteiger partial charge in [0, 0.05) is 6.04 Å². The highest BCUT2D eigenvalue weighted by molar-refractivity contribution is 7.12. The van der Waals surface area contributed by atoms with Gasteiger partial charge in [0.1, 0.15) is 10.2 Å². The van der Waals surface area contributed by atoms with E-state index < -0.39 is 35.0 Å². The van der Waals surface area contributed by atoms with Gasteiger partial charge in [-0.05, 0) is 30.4 Å². The number of ether oxygens (including phenoxy) is 1. The summed E-state index contributed by atoms with van der Waals surface area (Å²) < 4.78 is 61.2. The Kier molecular flexibility index (Phi) is 3.21. The van der Waals surface area contributed by atoms with Crippen LogP contribution in [0.25, 0.3) is 21.1 Å². The molecule has 10 heteroatoms. The van der Waals surface area contributed by atoms with Crippen molar-refractivity contribution >= 4 is 32.7 Å². The molecule has 0 bridgehead atoms. The SMILES string of the molecule is O=c1[nH]sc2c1c(=O)c1cc(F)c(F)c(OC(F)F)c1n2C1CC1. The minimum Gasteiger partial charge on any atom is -0.429 e. The lowest BCUT2D eigenvalue weighted by Crippen LogP contribution is -2.17. The fourth-order valence-corrected chi connectivity index (χ4v) is 3.70. The van der Waals surface area contributed by atoms with Crippen molar-refractivity contribution in [1.29, 1.82) is 0 Å². The maximum absolute atomic E-state index is 14.1. The predicted molar refractivity (Wildman–Crippen MR) is 79.0 cm³/mol. The molecule has 0 radical (unpaired) electrons. The topological polar surface area (TPSA) is 64.1 Å². The third-order valence-corrected chi connectivity index (χ3v) is 4.76. The van der Waals surface area contributed by atoms with Crippen LogP contribution in [-0.4, -0.2) is 15.6 Å². The van der Waals surface area contributed by atoms with Crippen molar-refractivity contribution < 1.29 is 22.3 Å². The van der Waals surface area contributed by atoms with Gasteiger partial charge < -0.3 is 9.30 Å². The Hall–Kier alpha value is -2.36. The first kappa shape index (κ1) is 15.2. The number of hydrogen-bond donors (Lipinski definition) is 1. The van der Waals surface area contributed by atoms with Crippen LogP contribution in [0.15, 0.2) is 15.7 Å². The Morgan fingerprint density at radius 2 is 2.00 bits per heavy atom. The van der Waals surface area contributed by atoms with Crippen molar-refractivity contribution in [2.75, 3.05) is 0 Å². The van der Waals surface area contributed by atoms with E-state index in [0.29, 0.717) is 18.9 Å². The van der Waals surface area contributed by atoms with Gasteiger partial charge in [-0.15, -0.1) is 0 Å². The zero-order chi connectivity index (χ0) is 17.2. The molecule has 1 aliphatic rings. The van der Waals surface area contributed by atoms with E-state index in [1.54, 1.807) is 0 Å². The molecular weight excluding hydrogens is 352 g/mol. The number of H-pyrrole nitrogens is 1. The van der Waals surface area contributed by atoms with E-state index in [1.807, 2.05) is 0 Å². The highest BCUT2D eigenvalue weighted by atomic mass is 32.1. The Morgan fingerprint density at radius 3 is 2.62 bits per heavy atom. The van der Waals surface area contributed by atoms with E-state index in [0.717, 1.165) is 11.5 Å². The summed E-state index contributed by atoms with van der Waals surface area (Å²) in [7, 11) is 0. The molecule has 0 amide bonds. The van der Waals surface area contributed by atoms with Crippen LogP contribution in [0, 0.1) is 11.6 Å². The van der Waals surface area contributed by atoms with Crippen LogP contribution in [-0.2, 0) is 0 Å². The van der Waals surface area contributed by atoms with Gasteiger partial charge in [0.2, 0.25) is 11.2 Å². The summed E-state index contributed by atoms with van der Waals surface area (Å²) in [4.78, 5) is 24.6. The molecule has 0 saturated heterocycles. The molecule has 1 saturated carbocycles. The molecule has 1 fully saturated rings. The molecule has 1 N–H and O–H groups in total. The van der Waals surface area contributed by atoms with Crippen LogP contribution in [0.5, 0.6) is 5.75 Å². The lowest BCUT2D eigenvalue weighted by Gasteiger charge is -2.16. The van der Waals surface area contributed by atoms with Crippen LogP contribution in [0.4, 0.5) is 17.6 Å². The van der Waals surface area contributed by atoms with Crippen LogP contribution in [0.2, 0.25) is 0 Å². The number of hydrogen-bond acceptors (Lipinski definition) is 4. The summed E-state index contributed by atoms with van der Waals surface area (Å²) in [6.07, 6.45) is 1.32. The molecule has 24 heavy (non-hydrogen) atoms. The van der Waals surface area contributed by atoms with Crippen molar-refractivity contribution in [1.82, 2.24) is 8.94 Å². The van der Waals surface area contributed by atoms with E-state index in [1.165, 1.54) is 4.57 Å². The van der Waals surface area contributed by atoms with Gasteiger partial charge in [-0.3, -0.25) is 14.0 Å². The third-order valence-electron chi connectivity index (χ3n) is 3.88. The Morgan fingerprint density at radius 1 is 1.29 bits per heavy atom. The van der Waals surface area contributed by atoms with E-state index in [9.17, 15) is 27.2 Å². The first-order valence-corrected chi connectivity index (χ1v) is 7.74. The first-order valence-electron chi connectivity index (χ1n) is 6.92. The molecular formula is C14H8F4N2O3S. The molecule has 0 unspecified atom stereocenters. The second-order valence-corrected chi connectivity index (χ2v) is 6.21. The fourth-order valence-electron chi connectivity index (χ4n) is 2.78. The molecule has 5 nitrogen and oxygen atoms in total. The Labute approximate surface area is 134 Å². The number of aromatic nitrogens is 2. The smallest absolute Gasteiger partial charge is 0.387 e. The normalized spacial score (nSPS) is 14.9. The van der Waals surface area contributed by atoms with Crippen molar-refractivity contribution in [3.8, 4) is 5.75 Å². The molecule has 1 aromatic carbocycles. The molecule has 0 spiro atoms. The molecule has 0 atom stereocenters. The van der Waals surface area contributed by atoms with Crippen LogP contribution in [0.3, 0.4) is 0 Å². The largest absolute Gasteiger partial charge is 0.429 e. The van der Waals surface area contributed by atoms with Gasteiger partial charge >= 0.3 is 6.61 Å². The van der Waals surface area contributed by atoms with Gasteiger partial charge in [-0.25, -0.2) is 4.39 Å². The minimum absolute atomic E-state index is 0.199. The number of pyridine rings is 1. The zero-order valence-corrected chi connectivity index (χ0v) is 12.6. The minimum atomic E-state index is -3.40. The average molecular weight is 360 g/mol. The summed E-state index contributed by atoms with van der Waals surface area (Å²) in [5.74, 6) is -4.12. The summed E-state index contributed by atoms with van der Waals surface area (Å²) in [5.41, 5.74) is -1.76. The quantitative estimate of drug-likeness (QED) is 0.730. The van der Waals surface area contributed by atoms with Gasteiger partial charge in [-0.1, -0.05) is 0 Å². The lowest BCUT2D eigenvalue weighted by atomic mass is 10.1. The molecule has 126 valence electrons. The second-order valence-electron chi connectivity index (χ2n) is 5.42. The van der Waals surface area contributed by atoms with Gasteiger partial charge in [-0.2, -0.15) is 13.2 Å². The van der Waals surface area contributed by atoms with Crippen molar-refractivity contribution in [2.45, 2.75) is 25.5 Å². The highest BCUT2D eigenvalue weighted by Gasteiger charge is 2.32. The number of aromatic amines is 1. The summed E-state index contributed by atoms with van der Waals surface area (Å²) in [6, 6.07) is 0.410. The molecule has 2 aromatic heterocycles. The van der Waals surface area contributed by atoms with E-state index in [4.69, 9.17) is 0 Å². The standard InChI is InChI=1S/C14H8F4N2O3S/c15-6-3-5-9(11(8(6)16)23-14(17)18)20(4-1-2-4)13-7(10(5)21)12(22)19-24-13/h3-4,14H,1-2H2,(H,19,22). The van der Waals surface area contributed by atoms with Crippen LogP contribution in [0.1, 0.15) is 18.9 Å². The molecule has 1 aliphatic carbocycles. The third kappa shape index (κ3) is 2.05. The van der Waals surface area contributed by atoms with E-state index in [2.05, 4.69) is 9.11 Å². The molecule has 2 heterocycles. The van der Waals surface area contributed by atoms with E-state index >= 15 is 0 Å². The summed E-state index contributed by atoms with van der Waals surface area (Å²) in [6.45, 7) is -3.40. The number of alkyl halides is 2. The maximum Gasteiger partial charge on any atom is 0.387 e. The first-order chi connectivity index (χ1) is 11.4. The van der Waals surface area contributed by atoms with Gasteiger partial charge in [0.15, 0.2) is 11.6 Å². The Balaban J connectivity index is 2.28. The molecule has 0 aliphatic heterocycles. The monoisotopic (exact) mass is 360 g/mol. The number of nitrogens with zero attached hydrogens (tertiary/aromatic N) is 1. The van der Waals surface area contributed by atoms with Gasteiger partial charge in [0.05, 0.1) is 10.9 Å². The van der Waals surface area contributed by atoms with E-state index in [-0.39, 0.29) is 27.2 Å². The van der Waals surface area contributed by atoms with Gasteiger partial charge in [0.25, 0.3) is 5.56 Å². The van der Waals surface area contributed by atoms with Crippen molar-refractivity contribution in [3.63, 3.8) is 0 Å². The van der Waals surface area contributed by atoms with Crippen molar-refractivity contribution in [3.05, 3.63) is 38.3 Å². The number of benzene rings is 1. The number of fused-ring (bicyclic) bond motifs is 2. The highest BCUT2D eigenvalue weighted by Crippen LogP contribution is 2.43. The van der Waals surface area contributed by atoms with Crippen LogP contribution >= 0.6 is 11.5 Å². The maximum atomic E-state index is 14.1. The average Bonchev–Trinajstić information content (AvgIpc) is 3.28. The summed E-state index contributed by atoms with van der Waals surface area (Å²) in [5, 5.41) is -0.568. The van der Waals surface area contributed by atoms with Crippen molar-refractivity contribution in [2.24, 2.45) is 0 Å². The van der Waals surface area contributed by atoms with Crippen LogP contribution < -0.4 is 15.7 Å².